The molecule has 0 bridgehead atoms. The van der Waals surface area contributed by atoms with Crippen LogP contribution < -0.4 is 16.0 Å². The number of rotatable bonds is 11. The molecule has 1 aliphatic carbocycles. The van der Waals surface area contributed by atoms with Gasteiger partial charge in [-0.1, -0.05) is 20.3 Å². The standard InChI is InChI=1S/C32H40F4N6O/c1-4-5-28(39-23-7-6-20-10-22(33)12-25(34)24(20)13-23)31(43)40-30-16-42(19-38-30)29-14-27(36)26(35)11-21(29)15-37-17-32(2)8-9-41(3)18-32/h10-12,14,16,19,23,28,37,39H,4-9,13,15,17-18H2,1-3H3,(H,40,43)/t23-,28-,32?/m0/s1. The number of carbonyl (C=O) groups excluding carboxylic acids is 1. The van der Waals surface area contributed by atoms with Gasteiger partial charge in [-0.2, -0.15) is 0 Å². The van der Waals surface area contributed by atoms with Crippen LogP contribution in [-0.4, -0.2) is 59.1 Å². The molecule has 3 aromatic rings. The number of benzene rings is 2. The van der Waals surface area contributed by atoms with Gasteiger partial charge >= 0.3 is 0 Å². The number of carbonyl (C=O) groups is 1. The maximum absolute atomic E-state index is 14.4. The van der Waals surface area contributed by atoms with Crippen molar-refractivity contribution in [2.24, 2.45) is 5.41 Å². The first kappa shape index (κ1) is 31.2. The second-order valence-corrected chi connectivity index (χ2v) is 12.4. The van der Waals surface area contributed by atoms with Crippen molar-refractivity contribution in [3.63, 3.8) is 0 Å². The minimum Gasteiger partial charge on any atom is -0.312 e. The van der Waals surface area contributed by atoms with Crippen LogP contribution in [0.4, 0.5) is 23.4 Å². The molecular formula is C32H40F4N6O. The van der Waals surface area contributed by atoms with E-state index in [9.17, 15) is 22.4 Å². The number of aryl methyl sites for hydroxylation is 1. The molecule has 3 atom stereocenters. The van der Waals surface area contributed by atoms with Crippen molar-refractivity contribution >= 4 is 11.7 Å². The van der Waals surface area contributed by atoms with Gasteiger partial charge in [-0.25, -0.2) is 22.5 Å². The lowest BCUT2D eigenvalue weighted by Crippen LogP contribution is -2.48. The van der Waals surface area contributed by atoms with Crippen LogP contribution in [0.3, 0.4) is 0 Å². The molecule has 1 aromatic heterocycles. The third-order valence-corrected chi connectivity index (χ3v) is 8.65. The summed E-state index contributed by atoms with van der Waals surface area (Å²) in [4.78, 5) is 19.9. The normalized spacial score (nSPS) is 21.1. The second-order valence-electron chi connectivity index (χ2n) is 12.4. The van der Waals surface area contributed by atoms with Crippen LogP contribution in [0.5, 0.6) is 0 Å². The van der Waals surface area contributed by atoms with E-state index in [4.69, 9.17) is 0 Å². The Labute approximate surface area is 250 Å². The van der Waals surface area contributed by atoms with Gasteiger partial charge in [0.05, 0.1) is 17.9 Å². The van der Waals surface area contributed by atoms with Crippen molar-refractivity contribution in [1.82, 2.24) is 25.1 Å². The van der Waals surface area contributed by atoms with Gasteiger partial charge in [0.1, 0.15) is 18.0 Å². The molecule has 11 heteroatoms. The maximum atomic E-state index is 14.4. The Morgan fingerprint density at radius 3 is 2.67 bits per heavy atom. The fourth-order valence-corrected chi connectivity index (χ4v) is 6.40. The highest BCUT2D eigenvalue weighted by Gasteiger charge is 2.31. The van der Waals surface area contributed by atoms with E-state index in [0.717, 1.165) is 44.6 Å². The Morgan fingerprint density at radius 2 is 1.93 bits per heavy atom. The number of amides is 1. The van der Waals surface area contributed by atoms with Crippen molar-refractivity contribution in [2.75, 3.05) is 32.0 Å². The lowest BCUT2D eigenvalue weighted by Gasteiger charge is -2.29. The summed E-state index contributed by atoms with van der Waals surface area (Å²) in [5.74, 6) is -3.06. The quantitative estimate of drug-likeness (QED) is 0.267. The smallest absolute Gasteiger partial charge is 0.242 e. The molecule has 2 aromatic carbocycles. The molecule has 2 aliphatic rings. The zero-order valence-corrected chi connectivity index (χ0v) is 25.0. The average Bonchev–Trinajstić information content (AvgIpc) is 3.56. The zero-order chi connectivity index (χ0) is 30.7. The maximum Gasteiger partial charge on any atom is 0.242 e. The Hall–Kier alpha value is -3.28. The molecule has 232 valence electrons. The van der Waals surface area contributed by atoms with Gasteiger partial charge in [0.2, 0.25) is 5.91 Å². The summed E-state index contributed by atoms with van der Waals surface area (Å²) in [7, 11) is 2.09. The lowest BCUT2D eigenvalue weighted by atomic mass is 9.87. The Bertz CT molecular complexity index is 1460. The molecule has 1 unspecified atom stereocenters. The van der Waals surface area contributed by atoms with E-state index in [0.29, 0.717) is 54.6 Å². The fourth-order valence-electron chi connectivity index (χ4n) is 6.40. The third-order valence-electron chi connectivity index (χ3n) is 8.65. The van der Waals surface area contributed by atoms with Crippen LogP contribution in [0.1, 0.15) is 56.2 Å². The molecule has 7 nitrogen and oxygen atoms in total. The highest BCUT2D eigenvalue weighted by molar-refractivity contribution is 5.94. The van der Waals surface area contributed by atoms with Crippen LogP contribution in [0.2, 0.25) is 0 Å². The number of likely N-dealkylation sites (tertiary alicyclic amines) is 1. The summed E-state index contributed by atoms with van der Waals surface area (Å²) >= 11 is 0. The number of hydrogen-bond acceptors (Lipinski definition) is 5. The Morgan fingerprint density at radius 1 is 1.14 bits per heavy atom. The van der Waals surface area contributed by atoms with Crippen molar-refractivity contribution in [1.29, 1.82) is 0 Å². The van der Waals surface area contributed by atoms with E-state index in [-0.39, 0.29) is 23.2 Å². The van der Waals surface area contributed by atoms with Gasteiger partial charge < -0.3 is 25.4 Å². The summed E-state index contributed by atoms with van der Waals surface area (Å²) < 4.78 is 58.2. The average molecular weight is 601 g/mol. The summed E-state index contributed by atoms with van der Waals surface area (Å²) in [6.45, 7) is 7.26. The largest absolute Gasteiger partial charge is 0.312 e. The molecule has 1 saturated heterocycles. The molecule has 3 N–H and O–H groups in total. The van der Waals surface area contributed by atoms with Crippen molar-refractivity contribution in [2.45, 2.75) is 71.0 Å². The van der Waals surface area contributed by atoms with E-state index < -0.39 is 29.3 Å². The van der Waals surface area contributed by atoms with Crippen molar-refractivity contribution in [3.8, 4) is 5.69 Å². The molecular weight excluding hydrogens is 560 g/mol. The number of nitrogens with zero attached hydrogens (tertiary/aromatic N) is 3. The van der Waals surface area contributed by atoms with E-state index >= 15 is 0 Å². The Balaban J connectivity index is 1.25. The second kappa shape index (κ2) is 13.2. The number of nitrogens with one attached hydrogen (secondary N) is 3. The van der Waals surface area contributed by atoms with Gasteiger partial charge in [0, 0.05) is 37.8 Å². The molecule has 0 spiro atoms. The van der Waals surface area contributed by atoms with E-state index in [1.54, 1.807) is 10.8 Å². The fraction of sp³-hybridized carbons (Fsp3) is 0.500. The molecule has 5 rings (SSSR count). The first-order valence-corrected chi connectivity index (χ1v) is 15.0. The highest BCUT2D eigenvalue weighted by Crippen LogP contribution is 2.29. The summed E-state index contributed by atoms with van der Waals surface area (Å²) in [5.41, 5.74) is 2.26. The molecule has 1 amide bonds. The number of aromatic nitrogens is 2. The third kappa shape index (κ3) is 7.45. The minimum atomic E-state index is -0.970. The van der Waals surface area contributed by atoms with Gasteiger partial charge in [-0.3, -0.25) is 4.79 Å². The molecule has 0 saturated carbocycles. The molecule has 43 heavy (non-hydrogen) atoms. The van der Waals surface area contributed by atoms with E-state index in [1.807, 2.05) is 6.92 Å². The zero-order valence-electron chi connectivity index (χ0n) is 25.0. The van der Waals surface area contributed by atoms with Crippen LogP contribution >= 0.6 is 0 Å². The summed E-state index contributed by atoms with van der Waals surface area (Å²) in [6.07, 6.45) is 6.93. The molecule has 1 aliphatic heterocycles. The van der Waals surface area contributed by atoms with Crippen molar-refractivity contribution in [3.05, 3.63) is 76.7 Å². The lowest BCUT2D eigenvalue weighted by molar-refractivity contribution is -0.118. The first-order chi connectivity index (χ1) is 20.5. The van der Waals surface area contributed by atoms with E-state index in [1.165, 1.54) is 18.5 Å². The predicted molar refractivity (Wildman–Crippen MR) is 158 cm³/mol. The number of hydrogen-bond donors (Lipinski definition) is 3. The van der Waals surface area contributed by atoms with Crippen LogP contribution in [0.25, 0.3) is 5.69 Å². The Kier molecular flexibility index (Phi) is 9.53. The predicted octanol–water partition coefficient (Wildman–Crippen LogP) is 5.11. The number of halogens is 4. The van der Waals surface area contributed by atoms with Gasteiger partial charge in [-0.05, 0) is 79.9 Å². The van der Waals surface area contributed by atoms with Gasteiger partial charge in [-0.15, -0.1) is 0 Å². The minimum absolute atomic E-state index is 0.107. The number of anilines is 1. The molecule has 0 radical (unpaired) electrons. The SMILES string of the molecule is CCC[C@H](N[C@H]1CCc2cc(F)cc(F)c2C1)C(=O)Nc1cn(-c2cc(F)c(F)cc2CNCC2(C)CCN(C)C2)cn1. The van der Waals surface area contributed by atoms with Crippen LogP contribution in [0, 0.1) is 28.7 Å². The van der Waals surface area contributed by atoms with E-state index in [2.05, 4.69) is 39.8 Å². The monoisotopic (exact) mass is 600 g/mol. The molecule has 1 fully saturated rings. The van der Waals surface area contributed by atoms with Crippen molar-refractivity contribution < 1.29 is 22.4 Å². The topological polar surface area (TPSA) is 74.2 Å². The van der Waals surface area contributed by atoms with Gasteiger partial charge in [0.15, 0.2) is 17.5 Å². The van der Waals surface area contributed by atoms with Crippen LogP contribution in [-0.2, 0) is 24.2 Å². The summed E-state index contributed by atoms with van der Waals surface area (Å²) in [5, 5.41) is 9.61. The first-order valence-electron chi connectivity index (χ1n) is 15.0. The number of imidazole rings is 1. The number of fused-ring (bicyclic) bond motifs is 1. The summed E-state index contributed by atoms with van der Waals surface area (Å²) in [6, 6.07) is 3.92. The van der Waals surface area contributed by atoms with Crippen LogP contribution in [0.15, 0.2) is 36.8 Å². The van der Waals surface area contributed by atoms with Gasteiger partial charge in [0.25, 0.3) is 0 Å². The molecule has 2 heterocycles. The highest BCUT2D eigenvalue weighted by atomic mass is 19.2.